The lowest BCUT2D eigenvalue weighted by molar-refractivity contribution is 0.151. The van der Waals surface area contributed by atoms with Gasteiger partial charge in [-0.1, -0.05) is 0 Å². The summed E-state index contributed by atoms with van der Waals surface area (Å²) in [6.45, 7) is 1.89. The van der Waals surface area contributed by atoms with Crippen LogP contribution in [0.3, 0.4) is 0 Å². The minimum atomic E-state index is 0.211. The molecule has 15 heavy (non-hydrogen) atoms. The third kappa shape index (κ3) is 2.43. The third-order valence-corrected chi connectivity index (χ3v) is 2.78. The van der Waals surface area contributed by atoms with Crippen molar-refractivity contribution < 1.29 is 5.11 Å². The highest BCUT2D eigenvalue weighted by Crippen LogP contribution is 2.18. The average molecular weight is 208 g/mol. The van der Waals surface area contributed by atoms with Gasteiger partial charge in [0.15, 0.2) is 0 Å². The second-order valence-corrected chi connectivity index (χ2v) is 3.85. The lowest BCUT2D eigenvalue weighted by Gasteiger charge is -2.21. The summed E-state index contributed by atoms with van der Waals surface area (Å²) < 4.78 is 0. The molecule has 3 N–H and O–H groups in total. The maximum Gasteiger partial charge on any atom is 0.144 e. The van der Waals surface area contributed by atoms with Gasteiger partial charge in [0.05, 0.1) is 13.2 Å². The first-order valence-corrected chi connectivity index (χ1v) is 5.22. The van der Waals surface area contributed by atoms with Crippen LogP contribution in [0, 0.1) is 0 Å². The van der Waals surface area contributed by atoms with Gasteiger partial charge in [0.1, 0.15) is 11.6 Å². The molecule has 0 unspecified atom stereocenters. The van der Waals surface area contributed by atoms with Crippen LogP contribution in [0.4, 0.5) is 5.82 Å². The average Bonchev–Trinajstić information content (AvgIpc) is 2.65. The van der Waals surface area contributed by atoms with E-state index < -0.39 is 0 Å². The van der Waals surface area contributed by atoms with E-state index >= 15 is 0 Å². The van der Waals surface area contributed by atoms with Crippen molar-refractivity contribution in [1.29, 1.82) is 0 Å². The van der Waals surface area contributed by atoms with Gasteiger partial charge in [-0.05, 0) is 25.5 Å². The van der Waals surface area contributed by atoms with Crippen LogP contribution < -0.4 is 5.73 Å². The Morgan fingerprint density at radius 2 is 2.47 bits per heavy atom. The predicted octanol–water partition coefficient (Wildman–Crippen LogP) is 0.0155. The zero-order valence-corrected chi connectivity index (χ0v) is 8.63. The van der Waals surface area contributed by atoms with Crippen LogP contribution in [0.2, 0.25) is 0 Å². The van der Waals surface area contributed by atoms with Crippen molar-refractivity contribution in [2.75, 3.05) is 18.9 Å². The lowest BCUT2D eigenvalue weighted by Crippen LogP contribution is -2.32. The summed E-state index contributed by atoms with van der Waals surface area (Å²) in [6, 6.07) is 1.94. The Labute approximate surface area is 88.9 Å². The van der Waals surface area contributed by atoms with Crippen LogP contribution in [0.1, 0.15) is 18.7 Å². The molecule has 0 bridgehead atoms. The number of hydrogen-bond acceptors (Lipinski definition) is 5. The number of rotatable bonds is 3. The van der Waals surface area contributed by atoms with Gasteiger partial charge in [0, 0.05) is 12.2 Å². The standard InChI is InChI=1S/C10H16N4O/c11-9-3-4-12-10(13-9)6-14-5-1-2-8(14)7-15/h3-4,8,15H,1-2,5-7H2,(H2,11,12,13)/t8-/m1/s1. The van der Waals surface area contributed by atoms with E-state index in [1.165, 1.54) is 0 Å². The molecule has 82 valence electrons. The second-order valence-electron chi connectivity index (χ2n) is 3.85. The quantitative estimate of drug-likeness (QED) is 0.732. The van der Waals surface area contributed by atoms with Gasteiger partial charge >= 0.3 is 0 Å². The van der Waals surface area contributed by atoms with E-state index in [1.807, 2.05) is 0 Å². The first kappa shape index (κ1) is 10.3. The molecule has 0 saturated carbocycles. The number of aliphatic hydroxyl groups is 1. The van der Waals surface area contributed by atoms with E-state index in [2.05, 4.69) is 14.9 Å². The van der Waals surface area contributed by atoms with Crippen LogP contribution in [-0.2, 0) is 6.54 Å². The molecule has 1 fully saturated rings. The topological polar surface area (TPSA) is 75.3 Å². The van der Waals surface area contributed by atoms with E-state index in [4.69, 9.17) is 10.8 Å². The Kier molecular flexibility index (Phi) is 3.13. The van der Waals surface area contributed by atoms with Crippen molar-refractivity contribution in [1.82, 2.24) is 14.9 Å². The van der Waals surface area contributed by atoms with Gasteiger partial charge < -0.3 is 10.8 Å². The molecule has 1 aromatic rings. The van der Waals surface area contributed by atoms with Crippen LogP contribution in [0.15, 0.2) is 12.3 Å². The lowest BCUT2D eigenvalue weighted by atomic mass is 10.2. The molecule has 1 aromatic heterocycles. The Balaban J connectivity index is 2.02. The Morgan fingerprint density at radius 3 is 3.20 bits per heavy atom. The predicted molar refractivity (Wildman–Crippen MR) is 57.0 cm³/mol. The van der Waals surface area contributed by atoms with Crippen LogP contribution in [0.5, 0.6) is 0 Å². The van der Waals surface area contributed by atoms with Gasteiger partial charge in [-0.15, -0.1) is 0 Å². The maximum absolute atomic E-state index is 9.16. The van der Waals surface area contributed by atoms with E-state index in [1.54, 1.807) is 12.3 Å². The number of anilines is 1. The molecule has 2 heterocycles. The molecule has 1 aliphatic heterocycles. The highest BCUT2D eigenvalue weighted by atomic mass is 16.3. The molecule has 5 nitrogen and oxygen atoms in total. The SMILES string of the molecule is Nc1ccnc(CN2CCC[C@@H]2CO)n1. The molecule has 0 radical (unpaired) electrons. The molecule has 0 amide bonds. The maximum atomic E-state index is 9.16. The number of likely N-dealkylation sites (tertiary alicyclic amines) is 1. The summed E-state index contributed by atoms with van der Waals surface area (Å²) in [5.74, 6) is 1.23. The number of hydrogen-bond donors (Lipinski definition) is 2. The summed E-state index contributed by atoms with van der Waals surface area (Å²) in [6.07, 6.45) is 3.86. The molecule has 0 aliphatic carbocycles. The van der Waals surface area contributed by atoms with Crippen molar-refractivity contribution in [2.24, 2.45) is 0 Å². The highest BCUT2D eigenvalue weighted by Gasteiger charge is 2.24. The minimum Gasteiger partial charge on any atom is -0.395 e. The molecule has 0 aromatic carbocycles. The van der Waals surface area contributed by atoms with Crippen molar-refractivity contribution in [3.63, 3.8) is 0 Å². The highest BCUT2D eigenvalue weighted by molar-refractivity contribution is 5.24. The van der Waals surface area contributed by atoms with E-state index in [-0.39, 0.29) is 12.6 Å². The summed E-state index contributed by atoms with van der Waals surface area (Å²) in [5, 5.41) is 9.16. The Hall–Kier alpha value is -1.20. The van der Waals surface area contributed by atoms with E-state index in [0.29, 0.717) is 12.4 Å². The number of nitrogen functional groups attached to an aromatic ring is 1. The van der Waals surface area contributed by atoms with Crippen LogP contribution in [0.25, 0.3) is 0 Å². The summed E-state index contributed by atoms with van der Waals surface area (Å²) in [7, 11) is 0. The van der Waals surface area contributed by atoms with Crippen LogP contribution >= 0.6 is 0 Å². The zero-order valence-electron chi connectivity index (χ0n) is 8.63. The monoisotopic (exact) mass is 208 g/mol. The van der Waals surface area contributed by atoms with E-state index in [0.717, 1.165) is 25.2 Å². The van der Waals surface area contributed by atoms with Crippen molar-refractivity contribution >= 4 is 5.82 Å². The van der Waals surface area contributed by atoms with Crippen LogP contribution in [-0.4, -0.2) is 39.2 Å². The van der Waals surface area contributed by atoms with Gasteiger partial charge in [-0.3, -0.25) is 4.90 Å². The minimum absolute atomic E-state index is 0.211. The van der Waals surface area contributed by atoms with Gasteiger partial charge in [-0.2, -0.15) is 0 Å². The first-order valence-electron chi connectivity index (χ1n) is 5.22. The van der Waals surface area contributed by atoms with Gasteiger partial charge in [-0.25, -0.2) is 9.97 Å². The molecular formula is C10H16N4O. The fourth-order valence-electron chi connectivity index (χ4n) is 1.98. The summed E-state index contributed by atoms with van der Waals surface area (Å²) >= 11 is 0. The summed E-state index contributed by atoms with van der Waals surface area (Å²) in [4.78, 5) is 10.5. The summed E-state index contributed by atoms with van der Waals surface area (Å²) in [5.41, 5.74) is 5.58. The van der Waals surface area contributed by atoms with Gasteiger partial charge in [0.2, 0.25) is 0 Å². The second kappa shape index (κ2) is 4.55. The molecule has 1 atom stereocenters. The first-order chi connectivity index (χ1) is 7.29. The van der Waals surface area contributed by atoms with E-state index in [9.17, 15) is 0 Å². The van der Waals surface area contributed by atoms with Gasteiger partial charge in [0.25, 0.3) is 0 Å². The fraction of sp³-hybridized carbons (Fsp3) is 0.600. The van der Waals surface area contributed by atoms with Crippen molar-refractivity contribution in [3.05, 3.63) is 18.1 Å². The number of aliphatic hydroxyl groups excluding tert-OH is 1. The number of nitrogens with two attached hydrogens (primary N) is 1. The zero-order chi connectivity index (χ0) is 10.7. The Morgan fingerprint density at radius 1 is 1.60 bits per heavy atom. The number of nitrogens with zero attached hydrogens (tertiary/aromatic N) is 3. The smallest absolute Gasteiger partial charge is 0.144 e. The molecule has 0 spiro atoms. The molecule has 1 aliphatic rings. The molecule has 1 saturated heterocycles. The van der Waals surface area contributed by atoms with Crippen molar-refractivity contribution in [2.45, 2.75) is 25.4 Å². The van der Waals surface area contributed by atoms with Crippen molar-refractivity contribution in [3.8, 4) is 0 Å². The number of aromatic nitrogens is 2. The molecular weight excluding hydrogens is 192 g/mol. The molecule has 2 rings (SSSR count). The third-order valence-electron chi connectivity index (χ3n) is 2.78. The normalized spacial score (nSPS) is 22.1. The fourth-order valence-corrected chi connectivity index (χ4v) is 1.98. The largest absolute Gasteiger partial charge is 0.395 e. The molecule has 5 heteroatoms. The Bertz CT molecular complexity index is 331.